The van der Waals surface area contributed by atoms with Gasteiger partial charge < -0.3 is 15.8 Å². The Kier molecular flexibility index (Phi) is 3.87. The van der Waals surface area contributed by atoms with E-state index in [-0.39, 0.29) is 5.84 Å². The second kappa shape index (κ2) is 5.18. The highest BCUT2D eigenvalue weighted by Gasteiger charge is 1.97. The highest BCUT2D eigenvalue weighted by atomic mass is 16.5. The quantitative estimate of drug-likeness (QED) is 0.360. The SMILES string of the molecule is COCCNc1ccc(C(=N)N)cn1. The molecule has 0 aliphatic rings. The number of ether oxygens (including phenoxy) is 1. The van der Waals surface area contributed by atoms with Crippen molar-refractivity contribution in [3.05, 3.63) is 23.9 Å². The Morgan fingerprint density at radius 1 is 1.64 bits per heavy atom. The first kappa shape index (κ1) is 10.5. The second-order valence-corrected chi connectivity index (χ2v) is 2.77. The van der Waals surface area contributed by atoms with Gasteiger partial charge in [0.1, 0.15) is 11.7 Å². The zero-order valence-electron chi connectivity index (χ0n) is 8.08. The number of nitrogens with zero attached hydrogens (tertiary/aromatic N) is 1. The fourth-order valence-electron chi connectivity index (χ4n) is 0.939. The van der Waals surface area contributed by atoms with Crippen molar-refractivity contribution in [2.75, 3.05) is 25.6 Å². The van der Waals surface area contributed by atoms with Crippen LogP contribution in [0.1, 0.15) is 5.56 Å². The van der Waals surface area contributed by atoms with Crippen molar-refractivity contribution >= 4 is 11.7 Å². The van der Waals surface area contributed by atoms with E-state index >= 15 is 0 Å². The predicted molar refractivity (Wildman–Crippen MR) is 55.6 cm³/mol. The number of hydrogen-bond acceptors (Lipinski definition) is 4. The molecule has 0 aliphatic carbocycles. The third-order valence-electron chi connectivity index (χ3n) is 1.69. The minimum Gasteiger partial charge on any atom is -0.384 e. The van der Waals surface area contributed by atoms with Crippen molar-refractivity contribution < 1.29 is 4.74 Å². The fraction of sp³-hybridized carbons (Fsp3) is 0.333. The van der Waals surface area contributed by atoms with E-state index in [4.69, 9.17) is 15.9 Å². The molecular formula is C9H14N4O. The highest BCUT2D eigenvalue weighted by Crippen LogP contribution is 2.03. The lowest BCUT2D eigenvalue weighted by atomic mass is 10.2. The molecule has 0 spiro atoms. The number of nitrogens with one attached hydrogen (secondary N) is 2. The number of anilines is 1. The lowest BCUT2D eigenvalue weighted by molar-refractivity contribution is 0.210. The first-order valence-electron chi connectivity index (χ1n) is 4.27. The van der Waals surface area contributed by atoms with E-state index in [1.54, 1.807) is 25.4 Å². The zero-order chi connectivity index (χ0) is 10.4. The Morgan fingerprint density at radius 3 is 2.93 bits per heavy atom. The topological polar surface area (TPSA) is 84.0 Å². The van der Waals surface area contributed by atoms with E-state index in [2.05, 4.69) is 10.3 Å². The van der Waals surface area contributed by atoms with Crippen molar-refractivity contribution in [3.63, 3.8) is 0 Å². The maximum atomic E-state index is 7.17. The van der Waals surface area contributed by atoms with Crippen molar-refractivity contribution in [1.29, 1.82) is 5.41 Å². The Hall–Kier alpha value is -1.62. The summed E-state index contributed by atoms with van der Waals surface area (Å²) < 4.78 is 4.88. The number of hydrogen-bond donors (Lipinski definition) is 3. The van der Waals surface area contributed by atoms with E-state index in [0.29, 0.717) is 18.7 Å². The standard InChI is InChI=1S/C9H14N4O/c1-14-5-4-12-8-3-2-7(6-13-8)9(10)11/h2-3,6H,4-5H2,1H3,(H3,10,11)(H,12,13). The van der Waals surface area contributed by atoms with Crippen LogP contribution in [0.15, 0.2) is 18.3 Å². The van der Waals surface area contributed by atoms with Crippen LogP contribution in [0.3, 0.4) is 0 Å². The van der Waals surface area contributed by atoms with Gasteiger partial charge in [0.05, 0.1) is 6.61 Å². The van der Waals surface area contributed by atoms with Crippen molar-refractivity contribution in [1.82, 2.24) is 4.98 Å². The number of nitrogen functional groups attached to an aromatic ring is 1. The molecule has 0 amide bonds. The third kappa shape index (κ3) is 3.02. The van der Waals surface area contributed by atoms with Crippen LogP contribution in [0.5, 0.6) is 0 Å². The van der Waals surface area contributed by atoms with Crippen LogP contribution < -0.4 is 11.1 Å². The van der Waals surface area contributed by atoms with Gasteiger partial charge in [-0.25, -0.2) is 4.98 Å². The number of aromatic nitrogens is 1. The summed E-state index contributed by atoms with van der Waals surface area (Å²) in [5, 5.41) is 10.2. The van der Waals surface area contributed by atoms with Gasteiger partial charge in [0.2, 0.25) is 0 Å². The first-order valence-corrected chi connectivity index (χ1v) is 4.27. The molecule has 5 nitrogen and oxygen atoms in total. The highest BCUT2D eigenvalue weighted by molar-refractivity contribution is 5.94. The smallest absolute Gasteiger partial charge is 0.126 e. The minimum absolute atomic E-state index is 0.0286. The summed E-state index contributed by atoms with van der Waals surface area (Å²) >= 11 is 0. The molecule has 76 valence electrons. The van der Waals surface area contributed by atoms with Gasteiger partial charge in [-0.1, -0.05) is 0 Å². The molecular weight excluding hydrogens is 180 g/mol. The molecule has 1 aromatic rings. The molecule has 5 heteroatoms. The zero-order valence-corrected chi connectivity index (χ0v) is 8.08. The maximum absolute atomic E-state index is 7.17. The number of rotatable bonds is 5. The summed E-state index contributed by atoms with van der Waals surface area (Å²) in [6, 6.07) is 3.54. The number of pyridine rings is 1. The number of amidine groups is 1. The van der Waals surface area contributed by atoms with Gasteiger partial charge in [-0.05, 0) is 12.1 Å². The molecule has 0 fully saturated rings. The third-order valence-corrected chi connectivity index (χ3v) is 1.69. The largest absolute Gasteiger partial charge is 0.384 e. The molecule has 1 aromatic heterocycles. The molecule has 14 heavy (non-hydrogen) atoms. The predicted octanol–water partition coefficient (Wildman–Crippen LogP) is 0.424. The summed E-state index contributed by atoms with van der Waals surface area (Å²) in [6.07, 6.45) is 1.57. The van der Waals surface area contributed by atoms with Gasteiger partial charge in [-0.3, -0.25) is 5.41 Å². The molecule has 1 heterocycles. The lowest BCUT2D eigenvalue weighted by Crippen LogP contribution is -2.12. The molecule has 0 atom stereocenters. The minimum atomic E-state index is 0.0286. The van der Waals surface area contributed by atoms with Crippen molar-refractivity contribution in [2.24, 2.45) is 5.73 Å². The average Bonchev–Trinajstić information content (AvgIpc) is 2.19. The van der Waals surface area contributed by atoms with Crippen molar-refractivity contribution in [3.8, 4) is 0 Å². The van der Waals surface area contributed by atoms with E-state index in [9.17, 15) is 0 Å². The van der Waals surface area contributed by atoms with Gasteiger partial charge in [-0.15, -0.1) is 0 Å². The Bertz CT molecular complexity index is 296. The summed E-state index contributed by atoms with van der Waals surface area (Å²) in [6.45, 7) is 1.35. The molecule has 1 rings (SSSR count). The van der Waals surface area contributed by atoms with Crippen LogP contribution >= 0.6 is 0 Å². The van der Waals surface area contributed by atoms with Crippen molar-refractivity contribution in [2.45, 2.75) is 0 Å². The molecule has 4 N–H and O–H groups in total. The molecule has 0 aromatic carbocycles. The summed E-state index contributed by atoms with van der Waals surface area (Å²) in [4.78, 5) is 4.08. The maximum Gasteiger partial charge on any atom is 0.126 e. The fourth-order valence-corrected chi connectivity index (χ4v) is 0.939. The summed E-state index contributed by atoms with van der Waals surface area (Å²) in [5.41, 5.74) is 5.92. The molecule has 0 saturated heterocycles. The molecule has 0 saturated carbocycles. The van der Waals surface area contributed by atoms with E-state index < -0.39 is 0 Å². The van der Waals surface area contributed by atoms with Crippen LogP contribution in [0.25, 0.3) is 0 Å². The van der Waals surface area contributed by atoms with Gasteiger partial charge >= 0.3 is 0 Å². The molecule has 0 unspecified atom stereocenters. The van der Waals surface area contributed by atoms with Gasteiger partial charge in [0, 0.05) is 25.4 Å². The second-order valence-electron chi connectivity index (χ2n) is 2.77. The lowest BCUT2D eigenvalue weighted by Gasteiger charge is -2.04. The monoisotopic (exact) mass is 194 g/mol. The van der Waals surface area contributed by atoms with Crippen LogP contribution in [0.4, 0.5) is 5.82 Å². The van der Waals surface area contributed by atoms with E-state index in [1.807, 2.05) is 0 Å². The van der Waals surface area contributed by atoms with Gasteiger partial charge in [0.15, 0.2) is 0 Å². The molecule has 0 radical (unpaired) electrons. The van der Waals surface area contributed by atoms with E-state index in [1.165, 1.54) is 0 Å². The van der Waals surface area contributed by atoms with Gasteiger partial charge in [0.25, 0.3) is 0 Å². The Balaban J connectivity index is 2.51. The van der Waals surface area contributed by atoms with Crippen LogP contribution in [0, 0.1) is 5.41 Å². The number of methoxy groups -OCH3 is 1. The van der Waals surface area contributed by atoms with E-state index in [0.717, 1.165) is 5.82 Å². The average molecular weight is 194 g/mol. The molecule has 0 aliphatic heterocycles. The molecule has 0 bridgehead atoms. The summed E-state index contributed by atoms with van der Waals surface area (Å²) in [5.74, 6) is 0.785. The van der Waals surface area contributed by atoms with Crippen LogP contribution in [-0.2, 0) is 4.74 Å². The van der Waals surface area contributed by atoms with Crippen LogP contribution in [-0.4, -0.2) is 31.1 Å². The number of nitrogens with two attached hydrogens (primary N) is 1. The summed E-state index contributed by atoms with van der Waals surface area (Å²) in [7, 11) is 1.65. The van der Waals surface area contributed by atoms with Crippen LogP contribution in [0.2, 0.25) is 0 Å². The Morgan fingerprint density at radius 2 is 2.43 bits per heavy atom. The Labute approximate surface area is 82.8 Å². The first-order chi connectivity index (χ1) is 6.74. The van der Waals surface area contributed by atoms with Gasteiger partial charge in [-0.2, -0.15) is 0 Å². The normalized spacial score (nSPS) is 9.79.